The van der Waals surface area contributed by atoms with Gasteiger partial charge in [0.05, 0.1) is 6.33 Å². The van der Waals surface area contributed by atoms with E-state index in [4.69, 9.17) is 5.11 Å². The van der Waals surface area contributed by atoms with Crippen LogP contribution in [0.4, 0.5) is 13.2 Å². The molecule has 4 nitrogen and oxygen atoms in total. The molecule has 1 rings (SSSR count). The van der Waals surface area contributed by atoms with Gasteiger partial charge in [-0.3, -0.25) is 0 Å². The molecule has 0 bridgehead atoms. The zero-order chi connectivity index (χ0) is 12.7. The summed E-state index contributed by atoms with van der Waals surface area (Å²) < 4.78 is 37.6. The topological polar surface area (TPSA) is 50.1 Å². The van der Waals surface area contributed by atoms with Crippen molar-refractivity contribution in [3.8, 4) is 0 Å². The maximum atomic E-state index is 11.9. The van der Waals surface area contributed by atoms with Crippen molar-refractivity contribution in [1.29, 1.82) is 0 Å². The van der Waals surface area contributed by atoms with Gasteiger partial charge in [-0.1, -0.05) is 0 Å². The predicted octanol–water partition coefficient (Wildman–Crippen LogP) is 1.18. The Kier molecular flexibility index (Phi) is 5.43. The number of halogens is 3. The van der Waals surface area contributed by atoms with Gasteiger partial charge in [0.2, 0.25) is 0 Å². The van der Waals surface area contributed by atoms with Gasteiger partial charge in [0, 0.05) is 25.5 Å². The number of nitrogens with one attached hydrogen (secondary N) is 1. The Bertz CT molecular complexity index is 300. The number of aryl methyl sites for hydroxylation is 1. The lowest BCUT2D eigenvalue weighted by atomic mass is 10.3. The SMILES string of the molecule is OC(CNCCCCn1ccnc1)C(F)(F)F. The molecule has 1 atom stereocenters. The molecule has 0 radical (unpaired) electrons. The lowest BCUT2D eigenvalue weighted by molar-refractivity contribution is -0.201. The van der Waals surface area contributed by atoms with Gasteiger partial charge < -0.3 is 15.0 Å². The number of nitrogens with zero attached hydrogens (tertiary/aromatic N) is 2. The van der Waals surface area contributed by atoms with Crippen LogP contribution >= 0.6 is 0 Å². The number of hydrogen-bond acceptors (Lipinski definition) is 3. The van der Waals surface area contributed by atoms with Crippen molar-refractivity contribution >= 4 is 0 Å². The van der Waals surface area contributed by atoms with Crippen molar-refractivity contribution in [3.63, 3.8) is 0 Å². The molecule has 0 spiro atoms. The molecule has 1 heterocycles. The lowest BCUT2D eigenvalue weighted by Gasteiger charge is -2.14. The molecule has 1 aromatic rings. The van der Waals surface area contributed by atoms with Crippen LogP contribution in [0.5, 0.6) is 0 Å². The molecule has 0 saturated heterocycles. The van der Waals surface area contributed by atoms with Gasteiger partial charge >= 0.3 is 6.18 Å². The minimum absolute atomic E-state index is 0.450. The normalized spacial score (nSPS) is 13.9. The Balaban J connectivity index is 1.98. The highest BCUT2D eigenvalue weighted by Crippen LogP contribution is 2.19. The van der Waals surface area contributed by atoms with Crippen LogP contribution in [0.3, 0.4) is 0 Å². The van der Waals surface area contributed by atoms with E-state index in [0.717, 1.165) is 19.4 Å². The van der Waals surface area contributed by atoms with Crippen LogP contribution in [-0.4, -0.2) is 40.0 Å². The van der Waals surface area contributed by atoms with Crippen LogP contribution in [-0.2, 0) is 6.54 Å². The quantitative estimate of drug-likeness (QED) is 0.715. The summed E-state index contributed by atoms with van der Waals surface area (Å²) >= 11 is 0. The van der Waals surface area contributed by atoms with Gasteiger partial charge in [-0.15, -0.1) is 0 Å². The number of aliphatic hydroxyl groups excluding tert-OH is 1. The number of imidazole rings is 1. The molecule has 2 N–H and O–H groups in total. The number of alkyl halides is 3. The molecule has 0 aromatic carbocycles. The molecule has 0 aliphatic heterocycles. The van der Waals surface area contributed by atoms with Gasteiger partial charge in [0.25, 0.3) is 0 Å². The first-order valence-corrected chi connectivity index (χ1v) is 5.41. The van der Waals surface area contributed by atoms with Crippen LogP contribution in [0.15, 0.2) is 18.7 Å². The van der Waals surface area contributed by atoms with Gasteiger partial charge in [-0.2, -0.15) is 13.2 Å². The van der Waals surface area contributed by atoms with Crippen molar-refractivity contribution in [2.75, 3.05) is 13.1 Å². The number of unbranched alkanes of at least 4 members (excludes halogenated alkanes) is 1. The second kappa shape index (κ2) is 6.61. The maximum absolute atomic E-state index is 11.9. The fourth-order valence-corrected chi connectivity index (χ4v) is 1.32. The zero-order valence-electron chi connectivity index (χ0n) is 9.32. The highest BCUT2D eigenvalue weighted by atomic mass is 19.4. The van der Waals surface area contributed by atoms with Gasteiger partial charge in [0.1, 0.15) is 0 Å². The number of aromatic nitrogens is 2. The van der Waals surface area contributed by atoms with E-state index in [1.807, 2.05) is 10.8 Å². The first-order chi connectivity index (χ1) is 8.00. The Morgan fingerprint density at radius 1 is 1.35 bits per heavy atom. The van der Waals surface area contributed by atoms with E-state index in [-0.39, 0.29) is 0 Å². The molecule has 0 fully saturated rings. The third-order valence-electron chi connectivity index (χ3n) is 2.29. The molecule has 98 valence electrons. The zero-order valence-corrected chi connectivity index (χ0v) is 9.32. The Labute approximate surface area is 97.5 Å². The van der Waals surface area contributed by atoms with Crippen molar-refractivity contribution < 1.29 is 18.3 Å². The van der Waals surface area contributed by atoms with Crippen LogP contribution in [0.1, 0.15) is 12.8 Å². The second-order valence-corrected chi connectivity index (χ2v) is 3.77. The Morgan fingerprint density at radius 3 is 2.71 bits per heavy atom. The number of rotatable bonds is 7. The van der Waals surface area contributed by atoms with E-state index >= 15 is 0 Å². The van der Waals surface area contributed by atoms with Crippen LogP contribution in [0.2, 0.25) is 0 Å². The summed E-state index contributed by atoms with van der Waals surface area (Å²) in [5.74, 6) is 0. The largest absolute Gasteiger partial charge is 0.415 e. The average molecular weight is 251 g/mol. The fourth-order valence-electron chi connectivity index (χ4n) is 1.32. The first-order valence-electron chi connectivity index (χ1n) is 5.41. The molecular weight excluding hydrogens is 235 g/mol. The third-order valence-corrected chi connectivity index (χ3v) is 2.29. The summed E-state index contributed by atoms with van der Waals surface area (Å²) in [5.41, 5.74) is 0. The smallest absolute Gasteiger partial charge is 0.382 e. The van der Waals surface area contributed by atoms with E-state index in [9.17, 15) is 13.2 Å². The molecule has 0 amide bonds. The van der Waals surface area contributed by atoms with Gasteiger partial charge in [0.15, 0.2) is 6.10 Å². The summed E-state index contributed by atoms with van der Waals surface area (Å²) in [6.45, 7) is 0.805. The minimum atomic E-state index is -4.54. The van der Waals surface area contributed by atoms with E-state index in [2.05, 4.69) is 10.3 Å². The molecule has 17 heavy (non-hydrogen) atoms. The molecule has 1 aromatic heterocycles. The average Bonchev–Trinajstić information content (AvgIpc) is 2.74. The molecule has 0 aliphatic rings. The predicted molar refractivity (Wildman–Crippen MR) is 56.4 cm³/mol. The van der Waals surface area contributed by atoms with Crippen molar-refractivity contribution in [2.24, 2.45) is 0 Å². The van der Waals surface area contributed by atoms with Crippen molar-refractivity contribution in [3.05, 3.63) is 18.7 Å². The summed E-state index contributed by atoms with van der Waals surface area (Å²) in [7, 11) is 0. The van der Waals surface area contributed by atoms with Crippen molar-refractivity contribution in [2.45, 2.75) is 31.7 Å². The first kappa shape index (κ1) is 14.0. The molecule has 1 unspecified atom stereocenters. The highest BCUT2D eigenvalue weighted by Gasteiger charge is 2.37. The van der Waals surface area contributed by atoms with Crippen LogP contribution in [0.25, 0.3) is 0 Å². The van der Waals surface area contributed by atoms with E-state index < -0.39 is 18.8 Å². The molecule has 7 heteroatoms. The number of aliphatic hydroxyl groups is 1. The Morgan fingerprint density at radius 2 is 2.12 bits per heavy atom. The monoisotopic (exact) mass is 251 g/mol. The fraction of sp³-hybridized carbons (Fsp3) is 0.700. The summed E-state index contributed by atoms with van der Waals surface area (Å²) in [5, 5.41) is 11.3. The summed E-state index contributed by atoms with van der Waals surface area (Å²) in [6, 6.07) is 0. The maximum Gasteiger partial charge on any atom is 0.415 e. The Hall–Kier alpha value is -1.08. The molecule has 0 aliphatic carbocycles. The second-order valence-electron chi connectivity index (χ2n) is 3.77. The molecular formula is C10H16F3N3O. The van der Waals surface area contributed by atoms with Crippen LogP contribution in [0, 0.1) is 0 Å². The van der Waals surface area contributed by atoms with E-state index in [0.29, 0.717) is 6.54 Å². The lowest BCUT2D eigenvalue weighted by Crippen LogP contribution is -2.38. The van der Waals surface area contributed by atoms with E-state index in [1.165, 1.54) is 0 Å². The summed E-state index contributed by atoms with van der Waals surface area (Å²) in [4.78, 5) is 3.88. The van der Waals surface area contributed by atoms with Gasteiger partial charge in [-0.05, 0) is 19.4 Å². The standard InChI is InChI=1S/C10H16F3N3O/c11-10(12,13)9(17)7-14-3-1-2-5-16-6-4-15-8-16/h4,6,8-9,14,17H,1-3,5,7H2. The molecule has 0 saturated carbocycles. The third kappa shape index (κ3) is 5.69. The van der Waals surface area contributed by atoms with Crippen molar-refractivity contribution in [1.82, 2.24) is 14.9 Å². The van der Waals surface area contributed by atoms with E-state index in [1.54, 1.807) is 12.5 Å². The van der Waals surface area contributed by atoms with Gasteiger partial charge in [-0.25, -0.2) is 4.98 Å². The van der Waals surface area contributed by atoms with Crippen LogP contribution < -0.4 is 5.32 Å². The highest BCUT2D eigenvalue weighted by molar-refractivity contribution is 4.73. The minimum Gasteiger partial charge on any atom is -0.382 e. The summed E-state index contributed by atoms with van der Waals surface area (Å²) in [6.07, 6.45) is -0.00590. The number of hydrogen-bond donors (Lipinski definition) is 2.